The van der Waals surface area contributed by atoms with Gasteiger partial charge in [0.1, 0.15) is 0 Å². The minimum Gasteiger partial charge on any atom is -0.459 e. The van der Waals surface area contributed by atoms with E-state index < -0.39 is 0 Å². The number of carbonyl (C=O) groups is 2. The number of furan rings is 1. The first-order valence-corrected chi connectivity index (χ1v) is 10.6. The fourth-order valence-electron chi connectivity index (χ4n) is 3.65. The molecule has 1 saturated heterocycles. The van der Waals surface area contributed by atoms with Gasteiger partial charge in [0.05, 0.1) is 25.3 Å². The second-order valence-electron chi connectivity index (χ2n) is 7.64. The molecule has 1 aliphatic rings. The van der Waals surface area contributed by atoms with Crippen LogP contribution < -0.4 is 10.2 Å². The normalized spacial score (nSPS) is 15.5. The zero-order chi connectivity index (χ0) is 21.5. The van der Waals surface area contributed by atoms with Crippen LogP contribution in [0.4, 0.5) is 5.69 Å². The molecule has 3 aromatic rings. The van der Waals surface area contributed by atoms with Crippen molar-refractivity contribution in [3.63, 3.8) is 0 Å². The Kier molecular flexibility index (Phi) is 6.79. The maximum absolute atomic E-state index is 13.0. The summed E-state index contributed by atoms with van der Waals surface area (Å²) in [7, 11) is 0. The van der Waals surface area contributed by atoms with Gasteiger partial charge in [-0.2, -0.15) is 0 Å². The molecular weight excluding hydrogens is 392 g/mol. The molecule has 1 aliphatic heterocycles. The molecule has 0 aliphatic carbocycles. The summed E-state index contributed by atoms with van der Waals surface area (Å²) < 4.78 is 10.9. The van der Waals surface area contributed by atoms with Crippen LogP contribution in [0.15, 0.2) is 77.4 Å². The molecule has 2 amide bonds. The van der Waals surface area contributed by atoms with Crippen LogP contribution in [0.25, 0.3) is 0 Å². The van der Waals surface area contributed by atoms with E-state index in [2.05, 4.69) is 5.32 Å². The molecular formula is C25H26N2O4. The number of nitrogens with zero attached hydrogens (tertiary/aromatic N) is 1. The molecule has 1 atom stereocenters. The van der Waals surface area contributed by atoms with Gasteiger partial charge in [-0.05, 0) is 48.2 Å². The Bertz CT molecular complexity index is 978. The van der Waals surface area contributed by atoms with Crippen molar-refractivity contribution < 1.29 is 18.7 Å². The SMILES string of the molecule is O=C(Cc1ccc(N(Cc2ccccc2)C(=O)c2ccco2)cc1)NC[C@@H]1CCCO1. The Morgan fingerprint density at radius 3 is 2.45 bits per heavy atom. The number of hydrogen-bond acceptors (Lipinski definition) is 4. The number of rotatable bonds is 8. The topological polar surface area (TPSA) is 71.8 Å². The van der Waals surface area contributed by atoms with Gasteiger partial charge in [-0.25, -0.2) is 0 Å². The minimum atomic E-state index is -0.212. The first-order valence-electron chi connectivity index (χ1n) is 10.6. The van der Waals surface area contributed by atoms with Crippen LogP contribution in [0, 0.1) is 0 Å². The van der Waals surface area contributed by atoms with Crippen molar-refractivity contribution in [2.24, 2.45) is 0 Å². The lowest BCUT2D eigenvalue weighted by molar-refractivity contribution is -0.120. The van der Waals surface area contributed by atoms with Crippen molar-refractivity contribution in [2.45, 2.75) is 31.9 Å². The average molecular weight is 418 g/mol. The van der Waals surface area contributed by atoms with E-state index in [1.165, 1.54) is 6.26 Å². The van der Waals surface area contributed by atoms with Gasteiger partial charge in [0.25, 0.3) is 5.91 Å². The molecule has 31 heavy (non-hydrogen) atoms. The van der Waals surface area contributed by atoms with Crippen molar-refractivity contribution in [3.8, 4) is 0 Å². The van der Waals surface area contributed by atoms with Gasteiger partial charge in [0.2, 0.25) is 5.91 Å². The standard InChI is InChI=1S/C25H26N2O4/c28-24(26-17-22-8-4-14-30-22)16-19-10-12-21(13-11-19)27(18-20-6-2-1-3-7-20)25(29)23-9-5-15-31-23/h1-3,5-7,9-13,15,22H,4,8,14,16-18H2,(H,26,28)/t22-/m0/s1. The second kappa shape index (κ2) is 10.1. The third-order valence-corrected chi connectivity index (χ3v) is 5.32. The lowest BCUT2D eigenvalue weighted by Gasteiger charge is -2.22. The highest BCUT2D eigenvalue weighted by Crippen LogP contribution is 2.22. The van der Waals surface area contributed by atoms with Crippen LogP contribution in [0.2, 0.25) is 0 Å². The fraction of sp³-hybridized carbons (Fsp3) is 0.280. The lowest BCUT2D eigenvalue weighted by atomic mass is 10.1. The number of nitrogens with one attached hydrogen (secondary N) is 1. The summed E-state index contributed by atoms with van der Waals surface area (Å²) in [5.74, 6) is 0.0421. The van der Waals surface area contributed by atoms with E-state index in [1.54, 1.807) is 17.0 Å². The van der Waals surface area contributed by atoms with Gasteiger partial charge in [-0.15, -0.1) is 0 Å². The molecule has 0 unspecified atom stereocenters. The maximum Gasteiger partial charge on any atom is 0.294 e. The van der Waals surface area contributed by atoms with E-state index in [9.17, 15) is 9.59 Å². The Hall–Kier alpha value is -3.38. The molecule has 1 aromatic heterocycles. The number of ether oxygens (including phenoxy) is 1. The molecule has 1 fully saturated rings. The fourth-order valence-corrected chi connectivity index (χ4v) is 3.65. The third-order valence-electron chi connectivity index (χ3n) is 5.32. The largest absolute Gasteiger partial charge is 0.459 e. The summed E-state index contributed by atoms with van der Waals surface area (Å²) in [5, 5.41) is 2.94. The maximum atomic E-state index is 13.0. The van der Waals surface area contributed by atoms with E-state index in [-0.39, 0.29) is 30.1 Å². The van der Waals surface area contributed by atoms with Gasteiger partial charge >= 0.3 is 0 Å². The molecule has 1 N–H and O–H groups in total. The van der Waals surface area contributed by atoms with Crippen LogP contribution in [0.3, 0.4) is 0 Å². The van der Waals surface area contributed by atoms with Crippen molar-refractivity contribution in [2.75, 3.05) is 18.1 Å². The summed E-state index contributed by atoms with van der Waals surface area (Å²) in [6.45, 7) is 1.75. The van der Waals surface area contributed by atoms with Gasteiger partial charge < -0.3 is 19.4 Å². The first-order chi connectivity index (χ1) is 15.2. The van der Waals surface area contributed by atoms with E-state index >= 15 is 0 Å². The van der Waals surface area contributed by atoms with Crippen LogP contribution in [-0.4, -0.2) is 31.1 Å². The van der Waals surface area contributed by atoms with E-state index in [4.69, 9.17) is 9.15 Å². The monoisotopic (exact) mass is 418 g/mol. The Morgan fingerprint density at radius 1 is 0.968 bits per heavy atom. The van der Waals surface area contributed by atoms with Crippen LogP contribution in [0.1, 0.15) is 34.5 Å². The second-order valence-corrected chi connectivity index (χ2v) is 7.64. The minimum absolute atomic E-state index is 0.0314. The van der Waals surface area contributed by atoms with Crippen molar-refractivity contribution in [3.05, 3.63) is 89.9 Å². The first kappa shape index (κ1) is 20.9. The van der Waals surface area contributed by atoms with Gasteiger partial charge in [0, 0.05) is 18.8 Å². The summed E-state index contributed by atoms with van der Waals surface area (Å²) in [6, 6.07) is 20.7. The molecule has 0 bridgehead atoms. The van der Waals surface area contributed by atoms with Gasteiger partial charge in [-0.1, -0.05) is 42.5 Å². The Balaban J connectivity index is 1.44. The average Bonchev–Trinajstić information content (AvgIpc) is 3.51. The number of benzene rings is 2. The van der Waals surface area contributed by atoms with Crippen LogP contribution in [0.5, 0.6) is 0 Å². The summed E-state index contributed by atoms with van der Waals surface area (Å²) in [4.78, 5) is 27.0. The zero-order valence-electron chi connectivity index (χ0n) is 17.3. The highest BCUT2D eigenvalue weighted by atomic mass is 16.5. The van der Waals surface area contributed by atoms with Crippen LogP contribution >= 0.6 is 0 Å². The molecule has 0 radical (unpaired) electrons. The summed E-state index contributed by atoms with van der Waals surface area (Å²) in [5.41, 5.74) is 2.65. The zero-order valence-corrected chi connectivity index (χ0v) is 17.3. The molecule has 0 saturated carbocycles. The van der Waals surface area contributed by atoms with Gasteiger partial charge in [-0.3, -0.25) is 9.59 Å². The van der Waals surface area contributed by atoms with E-state index in [0.717, 1.165) is 36.3 Å². The molecule has 2 aromatic carbocycles. The molecule has 6 nitrogen and oxygen atoms in total. The number of hydrogen-bond donors (Lipinski definition) is 1. The van der Waals surface area contributed by atoms with E-state index in [1.807, 2.05) is 54.6 Å². The third kappa shape index (κ3) is 5.61. The lowest BCUT2D eigenvalue weighted by Crippen LogP contribution is -2.32. The molecule has 2 heterocycles. The Morgan fingerprint density at radius 2 is 1.77 bits per heavy atom. The molecule has 0 spiro atoms. The highest BCUT2D eigenvalue weighted by Gasteiger charge is 2.21. The molecule has 160 valence electrons. The predicted octanol–water partition coefficient (Wildman–Crippen LogP) is 3.96. The Labute approximate surface area is 181 Å². The highest BCUT2D eigenvalue weighted by molar-refractivity contribution is 6.04. The van der Waals surface area contributed by atoms with Gasteiger partial charge in [0.15, 0.2) is 5.76 Å². The number of anilines is 1. The summed E-state index contributed by atoms with van der Waals surface area (Å²) in [6.07, 6.45) is 3.96. The van der Waals surface area contributed by atoms with Crippen molar-refractivity contribution >= 4 is 17.5 Å². The van der Waals surface area contributed by atoms with Crippen molar-refractivity contribution in [1.82, 2.24) is 5.32 Å². The summed E-state index contributed by atoms with van der Waals surface area (Å²) >= 11 is 0. The molecule has 4 rings (SSSR count). The van der Waals surface area contributed by atoms with Crippen molar-refractivity contribution in [1.29, 1.82) is 0 Å². The van der Waals surface area contributed by atoms with E-state index in [0.29, 0.717) is 13.1 Å². The number of amides is 2. The quantitative estimate of drug-likeness (QED) is 0.601. The number of carbonyl (C=O) groups excluding carboxylic acids is 2. The van der Waals surface area contributed by atoms with Crippen LogP contribution in [-0.2, 0) is 22.5 Å². The predicted molar refractivity (Wildman–Crippen MR) is 118 cm³/mol. The molecule has 6 heteroatoms. The smallest absolute Gasteiger partial charge is 0.294 e.